The molecule has 4 aromatic rings. The van der Waals surface area contributed by atoms with Crippen molar-refractivity contribution in [2.24, 2.45) is 0 Å². The van der Waals surface area contributed by atoms with Crippen LogP contribution in [0.3, 0.4) is 0 Å². The number of nitrogens with one attached hydrogen (secondary N) is 1. The molecule has 0 bridgehead atoms. The Morgan fingerprint density at radius 3 is 2.27 bits per heavy atom. The first-order valence-electron chi connectivity index (χ1n) is 8.73. The van der Waals surface area contributed by atoms with Crippen molar-refractivity contribution in [3.63, 3.8) is 0 Å². The van der Waals surface area contributed by atoms with Crippen LogP contribution in [0.4, 0.5) is 5.69 Å². The van der Waals surface area contributed by atoms with Crippen molar-refractivity contribution in [2.45, 2.75) is 13.5 Å². The van der Waals surface area contributed by atoms with Gasteiger partial charge in [0.25, 0.3) is 0 Å². The van der Waals surface area contributed by atoms with Crippen molar-refractivity contribution < 1.29 is 10.0 Å². The minimum absolute atomic E-state index is 0.532. The van der Waals surface area contributed by atoms with Gasteiger partial charge < -0.3 is 15.4 Å². The Bertz CT molecular complexity index is 1090. The summed E-state index contributed by atoms with van der Waals surface area (Å²) in [6.07, 6.45) is 0. The topological polar surface area (TPSA) is 52.5 Å². The minimum Gasteiger partial charge on any atom is -0.423 e. The fourth-order valence-corrected chi connectivity index (χ4v) is 3.49. The van der Waals surface area contributed by atoms with E-state index in [4.69, 9.17) is 0 Å². The number of fused-ring (bicyclic) bond motifs is 2. The van der Waals surface area contributed by atoms with Crippen molar-refractivity contribution in [2.75, 3.05) is 5.32 Å². The van der Waals surface area contributed by atoms with E-state index < -0.39 is 7.12 Å². The molecule has 0 aliphatic heterocycles. The van der Waals surface area contributed by atoms with Crippen molar-refractivity contribution in [3.05, 3.63) is 83.9 Å². The van der Waals surface area contributed by atoms with E-state index in [9.17, 15) is 10.0 Å². The minimum atomic E-state index is -1.46. The molecular formula is C22H20BNO2. The first-order valence-corrected chi connectivity index (χ1v) is 8.73. The van der Waals surface area contributed by atoms with Gasteiger partial charge in [0.2, 0.25) is 0 Å². The SMILES string of the molecule is Cc1c(NCc2ccccc2B(O)O)ccc2cc3ccccc3cc12. The van der Waals surface area contributed by atoms with Crippen LogP contribution in [0.1, 0.15) is 11.1 Å². The van der Waals surface area contributed by atoms with Crippen LogP contribution in [0.15, 0.2) is 72.8 Å². The van der Waals surface area contributed by atoms with Gasteiger partial charge in [0.05, 0.1) is 0 Å². The van der Waals surface area contributed by atoms with E-state index in [0.29, 0.717) is 12.0 Å². The zero-order valence-electron chi connectivity index (χ0n) is 14.6. The molecule has 0 unspecified atom stereocenters. The van der Waals surface area contributed by atoms with Gasteiger partial charge >= 0.3 is 7.12 Å². The predicted octanol–water partition coefficient (Wildman–Crippen LogP) is 3.59. The maximum absolute atomic E-state index is 9.53. The van der Waals surface area contributed by atoms with E-state index in [1.807, 2.05) is 18.2 Å². The Kier molecular flexibility index (Phi) is 4.37. The van der Waals surface area contributed by atoms with Crippen LogP contribution in [0, 0.1) is 6.92 Å². The van der Waals surface area contributed by atoms with Gasteiger partial charge in [-0.05, 0) is 63.3 Å². The van der Waals surface area contributed by atoms with Gasteiger partial charge in [-0.1, -0.05) is 54.6 Å². The zero-order chi connectivity index (χ0) is 18.1. The average Bonchev–Trinajstić information content (AvgIpc) is 2.66. The third-order valence-electron chi connectivity index (χ3n) is 4.96. The fraction of sp³-hybridized carbons (Fsp3) is 0.0909. The Morgan fingerprint density at radius 1 is 0.808 bits per heavy atom. The van der Waals surface area contributed by atoms with E-state index in [-0.39, 0.29) is 0 Å². The molecule has 0 spiro atoms. The largest absolute Gasteiger partial charge is 0.488 e. The van der Waals surface area contributed by atoms with Crippen LogP contribution in [0.5, 0.6) is 0 Å². The summed E-state index contributed by atoms with van der Waals surface area (Å²) in [5.41, 5.74) is 3.65. The van der Waals surface area contributed by atoms with E-state index in [2.05, 4.69) is 60.8 Å². The maximum Gasteiger partial charge on any atom is 0.488 e. The molecule has 26 heavy (non-hydrogen) atoms. The summed E-state index contributed by atoms with van der Waals surface area (Å²) in [4.78, 5) is 0. The standard InChI is InChI=1S/C22H20BNO2/c1-15-20-13-17-7-3-2-6-16(17)12-18(20)10-11-22(15)24-14-19-8-4-5-9-21(19)23(25)26/h2-13,24-26H,14H2,1H3. The first-order chi connectivity index (χ1) is 12.6. The molecule has 4 rings (SSSR count). The molecule has 0 aromatic heterocycles. The molecule has 0 atom stereocenters. The lowest BCUT2D eigenvalue weighted by Crippen LogP contribution is -2.33. The molecule has 0 amide bonds. The van der Waals surface area contributed by atoms with Gasteiger partial charge in [-0.2, -0.15) is 0 Å². The highest BCUT2D eigenvalue weighted by Crippen LogP contribution is 2.29. The van der Waals surface area contributed by atoms with Crippen LogP contribution >= 0.6 is 0 Å². The molecule has 0 saturated carbocycles. The Morgan fingerprint density at radius 2 is 1.50 bits per heavy atom. The summed E-state index contributed by atoms with van der Waals surface area (Å²) in [6, 6.07) is 24.4. The van der Waals surface area contributed by atoms with Crippen LogP contribution in [0.2, 0.25) is 0 Å². The number of rotatable bonds is 4. The Balaban J connectivity index is 1.69. The monoisotopic (exact) mass is 341 g/mol. The third kappa shape index (κ3) is 3.05. The lowest BCUT2D eigenvalue weighted by Gasteiger charge is -2.15. The van der Waals surface area contributed by atoms with E-state index in [0.717, 1.165) is 11.3 Å². The first kappa shape index (κ1) is 16.6. The average molecular weight is 341 g/mol. The second kappa shape index (κ2) is 6.83. The normalized spacial score (nSPS) is 11.0. The molecule has 0 aliphatic rings. The number of hydrogen-bond acceptors (Lipinski definition) is 3. The highest BCUT2D eigenvalue weighted by Gasteiger charge is 2.15. The maximum atomic E-state index is 9.53. The second-order valence-electron chi connectivity index (χ2n) is 6.58. The summed E-state index contributed by atoms with van der Waals surface area (Å²) in [5, 5.41) is 27.4. The van der Waals surface area contributed by atoms with Gasteiger partial charge in [0.15, 0.2) is 0 Å². The molecule has 128 valence electrons. The molecular weight excluding hydrogens is 321 g/mol. The van der Waals surface area contributed by atoms with Gasteiger partial charge in [0, 0.05) is 12.2 Å². The van der Waals surface area contributed by atoms with Crippen LogP contribution < -0.4 is 10.8 Å². The molecule has 3 N–H and O–H groups in total. The summed E-state index contributed by atoms with van der Waals surface area (Å²) < 4.78 is 0. The lowest BCUT2D eigenvalue weighted by molar-refractivity contribution is 0.425. The van der Waals surface area contributed by atoms with Gasteiger partial charge in [-0.15, -0.1) is 0 Å². The van der Waals surface area contributed by atoms with E-state index in [1.54, 1.807) is 6.07 Å². The fourth-order valence-electron chi connectivity index (χ4n) is 3.49. The van der Waals surface area contributed by atoms with E-state index in [1.165, 1.54) is 27.1 Å². The number of anilines is 1. The highest BCUT2D eigenvalue weighted by atomic mass is 16.4. The molecule has 0 fully saturated rings. The lowest BCUT2D eigenvalue weighted by atomic mass is 9.77. The molecule has 0 heterocycles. The summed E-state index contributed by atoms with van der Waals surface area (Å²) in [5.74, 6) is 0. The number of hydrogen-bond donors (Lipinski definition) is 3. The van der Waals surface area contributed by atoms with Crippen molar-refractivity contribution in [1.82, 2.24) is 0 Å². The predicted molar refractivity (Wildman–Crippen MR) is 110 cm³/mol. The van der Waals surface area contributed by atoms with Crippen molar-refractivity contribution in [3.8, 4) is 0 Å². The molecule has 0 radical (unpaired) electrons. The molecule has 0 saturated heterocycles. The molecule has 0 aliphatic carbocycles. The van der Waals surface area contributed by atoms with Gasteiger partial charge in [-0.3, -0.25) is 0 Å². The number of benzene rings is 4. The van der Waals surface area contributed by atoms with Crippen molar-refractivity contribution >= 4 is 39.8 Å². The van der Waals surface area contributed by atoms with Crippen LogP contribution in [-0.2, 0) is 6.54 Å². The van der Waals surface area contributed by atoms with Crippen LogP contribution in [-0.4, -0.2) is 17.2 Å². The number of aryl methyl sites for hydroxylation is 1. The zero-order valence-corrected chi connectivity index (χ0v) is 14.6. The molecule has 4 heteroatoms. The van der Waals surface area contributed by atoms with Gasteiger partial charge in [0.1, 0.15) is 0 Å². The summed E-state index contributed by atoms with van der Waals surface area (Å²) >= 11 is 0. The second-order valence-corrected chi connectivity index (χ2v) is 6.58. The Hall–Kier alpha value is -2.82. The molecule has 3 nitrogen and oxygen atoms in total. The highest BCUT2D eigenvalue weighted by molar-refractivity contribution is 6.59. The Labute approximate surface area is 153 Å². The van der Waals surface area contributed by atoms with Crippen molar-refractivity contribution in [1.29, 1.82) is 0 Å². The quantitative estimate of drug-likeness (QED) is 0.393. The molecule has 4 aromatic carbocycles. The summed E-state index contributed by atoms with van der Waals surface area (Å²) in [7, 11) is -1.46. The third-order valence-corrected chi connectivity index (χ3v) is 4.96. The summed E-state index contributed by atoms with van der Waals surface area (Å²) in [6.45, 7) is 2.65. The van der Waals surface area contributed by atoms with E-state index >= 15 is 0 Å². The van der Waals surface area contributed by atoms with Crippen LogP contribution in [0.25, 0.3) is 21.5 Å². The smallest absolute Gasteiger partial charge is 0.423 e. The van der Waals surface area contributed by atoms with Gasteiger partial charge in [-0.25, -0.2) is 0 Å².